The van der Waals surface area contributed by atoms with Crippen LogP contribution in [0, 0.1) is 11.8 Å². The number of rotatable bonds is 5. The monoisotopic (exact) mass is 331 g/mol. The van der Waals surface area contributed by atoms with Gasteiger partial charge in [0.25, 0.3) is 0 Å². The first-order valence-electron chi connectivity index (χ1n) is 9.01. The highest BCUT2D eigenvalue weighted by atomic mass is 16.5. The first-order chi connectivity index (χ1) is 11.5. The average Bonchev–Trinajstić information content (AvgIpc) is 2.52. The molecule has 1 aromatic rings. The summed E-state index contributed by atoms with van der Waals surface area (Å²) in [5.74, 6) is 1.96. The molecule has 0 N–H and O–H groups in total. The third kappa shape index (κ3) is 3.72. The lowest BCUT2D eigenvalue weighted by atomic mass is 9.75. The Labute approximate surface area is 145 Å². The lowest BCUT2D eigenvalue weighted by Gasteiger charge is -2.58. The van der Waals surface area contributed by atoms with Crippen LogP contribution in [0.5, 0.6) is 5.88 Å². The van der Waals surface area contributed by atoms with Gasteiger partial charge in [0.1, 0.15) is 0 Å². The standard InChI is InChI=1S/C19H29N3O2/c1-15(2)10-18(23)22-13-19(14-22)11-16(7-9-21(19)3)12-24-17-6-4-5-8-20-17/h4-6,8,15-16H,7,9-14H2,1-3H3/t16-/m1/s1. The van der Waals surface area contributed by atoms with E-state index in [0.717, 1.165) is 32.5 Å². The summed E-state index contributed by atoms with van der Waals surface area (Å²) >= 11 is 0. The molecule has 0 radical (unpaired) electrons. The van der Waals surface area contributed by atoms with Crippen LogP contribution in [0.2, 0.25) is 0 Å². The molecule has 0 saturated carbocycles. The van der Waals surface area contributed by atoms with Crippen LogP contribution in [-0.4, -0.2) is 59.5 Å². The van der Waals surface area contributed by atoms with Crippen molar-refractivity contribution in [1.29, 1.82) is 0 Å². The third-order valence-corrected chi connectivity index (χ3v) is 5.36. The SMILES string of the molecule is CC(C)CC(=O)N1CC2(C[C@H](COc3ccccn3)CCN2C)C1. The molecular formula is C19H29N3O2. The van der Waals surface area contributed by atoms with Crippen LogP contribution in [0.25, 0.3) is 0 Å². The van der Waals surface area contributed by atoms with E-state index >= 15 is 0 Å². The predicted molar refractivity (Wildman–Crippen MR) is 93.9 cm³/mol. The molecule has 2 fully saturated rings. The number of piperidine rings is 1. The lowest BCUT2D eigenvalue weighted by molar-refractivity contribution is -0.151. The molecule has 5 heteroatoms. The molecule has 0 aromatic carbocycles. The Morgan fingerprint density at radius 2 is 2.21 bits per heavy atom. The van der Waals surface area contributed by atoms with E-state index in [1.54, 1.807) is 6.20 Å². The third-order valence-electron chi connectivity index (χ3n) is 5.36. The molecule has 2 aliphatic heterocycles. The van der Waals surface area contributed by atoms with Crippen molar-refractivity contribution in [2.24, 2.45) is 11.8 Å². The van der Waals surface area contributed by atoms with Crippen molar-refractivity contribution in [3.63, 3.8) is 0 Å². The molecule has 0 unspecified atom stereocenters. The van der Waals surface area contributed by atoms with Gasteiger partial charge in [-0.15, -0.1) is 0 Å². The van der Waals surface area contributed by atoms with Crippen molar-refractivity contribution >= 4 is 5.91 Å². The number of carbonyl (C=O) groups is 1. The number of likely N-dealkylation sites (tertiary alicyclic amines) is 2. The summed E-state index contributed by atoms with van der Waals surface area (Å²) in [5.41, 5.74) is 0.156. The van der Waals surface area contributed by atoms with Crippen LogP contribution in [0.3, 0.4) is 0 Å². The highest BCUT2D eigenvalue weighted by molar-refractivity contribution is 5.77. The quantitative estimate of drug-likeness (QED) is 0.831. The number of aromatic nitrogens is 1. The molecule has 1 spiro atoms. The summed E-state index contributed by atoms with van der Waals surface area (Å²) in [6, 6.07) is 5.75. The van der Waals surface area contributed by atoms with E-state index in [4.69, 9.17) is 4.74 Å². The fourth-order valence-electron chi connectivity index (χ4n) is 3.88. The van der Waals surface area contributed by atoms with Gasteiger partial charge in [0.15, 0.2) is 0 Å². The fourth-order valence-corrected chi connectivity index (χ4v) is 3.88. The maximum Gasteiger partial charge on any atom is 0.222 e. The summed E-state index contributed by atoms with van der Waals surface area (Å²) < 4.78 is 5.86. The topological polar surface area (TPSA) is 45.7 Å². The van der Waals surface area contributed by atoms with Gasteiger partial charge < -0.3 is 9.64 Å². The second-order valence-corrected chi connectivity index (χ2v) is 7.83. The molecule has 1 aromatic heterocycles. The van der Waals surface area contributed by atoms with E-state index in [2.05, 4.69) is 30.8 Å². The van der Waals surface area contributed by atoms with Crippen molar-refractivity contribution in [1.82, 2.24) is 14.8 Å². The van der Waals surface area contributed by atoms with Gasteiger partial charge in [-0.25, -0.2) is 4.98 Å². The maximum absolute atomic E-state index is 12.2. The zero-order chi connectivity index (χ0) is 17.2. The van der Waals surface area contributed by atoms with Crippen LogP contribution in [0.1, 0.15) is 33.1 Å². The van der Waals surface area contributed by atoms with E-state index in [0.29, 0.717) is 36.7 Å². The largest absolute Gasteiger partial charge is 0.477 e. The summed E-state index contributed by atoms with van der Waals surface area (Å²) in [4.78, 5) is 20.9. The Balaban J connectivity index is 1.52. The highest BCUT2D eigenvalue weighted by Gasteiger charge is 2.50. The zero-order valence-corrected chi connectivity index (χ0v) is 15.1. The Kier molecular flexibility index (Phi) is 5.09. The Morgan fingerprint density at radius 3 is 2.88 bits per heavy atom. The molecular weight excluding hydrogens is 302 g/mol. The van der Waals surface area contributed by atoms with Gasteiger partial charge in [-0.3, -0.25) is 9.69 Å². The van der Waals surface area contributed by atoms with Crippen molar-refractivity contribution in [2.45, 2.75) is 38.6 Å². The molecule has 3 rings (SSSR count). The highest BCUT2D eigenvalue weighted by Crippen LogP contribution is 2.38. The molecule has 24 heavy (non-hydrogen) atoms. The number of hydrogen-bond acceptors (Lipinski definition) is 4. The van der Waals surface area contributed by atoms with Gasteiger partial charge in [-0.2, -0.15) is 0 Å². The average molecular weight is 331 g/mol. The molecule has 0 bridgehead atoms. The van der Waals surface area contributed by atoms with E-state index in [-0.39, 0.29) is 5.54 Å². The molecule has 3 heterocycles. The first kappa shape index (κ1) is 17.2. The summed E-state index contributed by atoms with van der Waals surface area (Å²) in [5, 5.41) is 0. The minimum absolute atomic E-state index is 0.156. The fraction of sp³-hybridized carbons (Fsp3) is 0.684. The van der Waals surface area contributed by atoms with Gasteiger partial charge in [0, 0.05) is 31.8 Å². The van der Waals surface area contributed by atoms with E-state index in [1.807, 2.05) is 23.1 Å². The number of likely N-dealkylation sites (N-methyl/N-ethyl adjacent to an activating group) is 1. The lowest BCUT2D eigenvalue weighted by Crippen LogP contribution is -2.72. The van der Waals surface area contributed by atoms with E-state index < -0.39 is 0 Å². The second kappa shape index (κ2) is 7.09. The Morgan fingerprint density at radius 1 is 1.42 bits per heavy atom. The Bertz CT molecular complexity index is 555. The number of pyridine rings is 1. The number of amides is 1. The number of ether oxygens (including phenoxy) is 1. The van der Waals surface area contributed by atoms with Crippen LogP contribution in [0.4, 0.5) is 0 Å². The van der Waals surface area contributed by atoms with Gasteiger partial charge >= 0.3 is 0 Å². The number of nitrogens with zero attached hydrogens (tertiary/aromatic N) is 3. The normalized spacial score (nSPS) is 23.3. The van der Waals surface area contributed by atoms with Crippen LogP contribution in [-0.2, 0) is 4.79 Å². The van der Waals surface area contributed by atoms with Crippen LogP contribution < -0.4 is 4.74 Å². The summed E-state index contributed by atoms with van der Waals surface area (Å²) in [6.07, 6.45) is 4.66. The zero-order valence-electron chi connectivity index (χ0n) is 15.1. The van der Waals surface area contributed by atoms with Crippen molar-refractivity contribution in [3.05, 3.63) is 24.4 Å². The second-order valence-electron chi connectivity index (χ2n) is 7.83. The maximum atomic E-state index is 12.2. The van der Waals surface area contributed by atoms with Crippen molar-refractivity contribution in [3.8, 4) is 5.88 Å². The summed E-state index contributed by atoms with van der Waals surface area (Å²) in [7, 11) is 2.19. The van der Waals surface area contributed by atoms with Crippen LogP contribution in [0.15, 0.2) is 24.4 Å². The van der Waals surface area contributed by atoms with Crippen LogP contribution >= 0.6 is 0 Å². The minimum Gasteiger partial charge on any atom is -0.477 e. The van der Waals surface area contributed by atoms with Gasteiger partial charge in [-0.05, 0) is 44.3 Å². The minimum atomic E-state index is 0.156. The van der Waals surface area contributed by atoms with Crippen molar-refractivity contribution < 1.29 is 9.53 Å². The van der Waals surface area contributed by atoms with Gasteiger partial charge in [-0.1, -0.05) is 19.9 Å². The molecule has 0 aliphatic carbocycles. The smallest absolute Gasteiger partial charge is 0.222 e. The first-order valence-corrected chi connectivity index (χ1v) is 9.01. The van der Waals surface area contributed by atoms with E-state index in [1.165, 1.54) is 0 Å². The molecule has 1 amide bonds. The van der Waals surface area contributed by atoms with Crippen molar-refractivity contribution in [2.75, 3.05) is 33.3 Å². The van der Waals surface area contributed by atoms with E-state index in [9.17, 15) is 4.79 Å². The molecule has 5 nitrogen and oxygen atoms in total. The number of carbonyl (C=O) groups excluding carboxylic acids is 1. The molecule has 2 saturated heterocycles. The van der Waals surface area contributed by atoms with Gasteiger partial charge in [0.2, 0.25) is 11.8 Å². The predicted octanol–water partition coefficient (Wildman–Crippen LogP) is 2.43. The Hall–Kier alpha value is -1.62. The number of hydrogen-bond donors (Lipinski definition) is 0. The van der Waals surface area contributed by atoms with Gasteiger partial charge in [0.05, 0.1) is 12.1 Å². The molecule has 132 valence electrons. The summed E-state index contributed by atoms with van der Waals surface area (Å²) in [6.45, 7) is 7.73. The molecule has 2 aliphatic rings. The molecule has 1 atom stereocenters.